The molecule has 0 aliphatic rings. The van der Waals surface area contributed by atoms with E-state index in [1.165, 1.54) is 12.8 Å². The highest BCUT2D eigenvalue weighted by Gasteiger charge is 2.17. The van der Waals surface area contributed by atoms with E-state index in [1.807, 2.05) is 14.0 Å². The fourth-order valence-corrected chi connectivity index (χ4v) is 1.23. The van der Waals surface area contributed by atoms with Crippen molar-refractivity contribution in [1.82, 2.24) is 5.32 Å². The number of unbranched alkanes of at least 4 members (excludes halogenated alkanes) is 2. The normalized spacial score (nSPS) is 16.4. The first-order valence-electron chi connectivity index (χ1n) is 4.49. The standard InChI is InChI=1S/C9H21NO/c1-4-5-6-7-9(2,11)8-10-3/h10-11H,4-8H2,1-3H3. The van der Waals surface area contributed by atoms with Gasteiger partial charge in [0.25, 0.3) is 0 Å². The van der Waals surface area contributed by atoms with Crippen molar-refractivity contribution in [2.75, 3.05) is 13.6 Å². The van der Waals surface area contributed by atoms with Crippen LogP contribution in [-0.2, 0) is 0 Å². The van der Waals surface area contributed by atoms with E-state index in [1.54, 1.807) is 0 Å². The van der Waals surface area contributed by atoms with Crippen molar-refractivity contribution in [3.8, 4) is 0 Å². The average molecular weight is 159 g/mol. The summed E-state index contributed by atoms with van der Waals surface area (Å²) < 4.78 is 0. The van der Waals surface area contributed by atoms with Gasteiger partial charge in [0, 0.05) is 6.54 Å². The smallest absolute Gasteiger partial charge is 0.0743 e. The molecule has 0 bridgehead atoms. The van der Waals surface area contributed by atoms with Gasteiger partial charge in [0.2, 0.25) is 0 Å². The van der Waals surface area contributed by atoms with Crippen molar-refractivity contribution in [3.05, 3.63) is 0 Å². The number of nitrogens with one attached hydrogen (secondary N) is 1. The quantitative estimate of drug-likeness (QED) is 0.576. The van der Waals surface area contributed by atoms with Gasteiger partial charge in [-0.3, -0.25) is 0 Å². The Kier molecular flexibility index (Phi) is 5.51. The molecule has 0 saturated heterocycles. The van der Waals surface area contributed by atoms with Gasteiger partial charge in [-0.15, -0.1) is 0 Å². The predicted octanol–water partition coefficient (Wildman–Crippen LogP) is 1.54. The van der Waals surface area contributed by atoms with Gasteiger partial charge >= 0.3 is 0 Å². The number of likely N-dealkylation sites (N-methyl/N-ethyl adjacent to an activating group) is 1. The van der Waals surface area contributed by atoms with Crippen LogP contribution < -0.4 is 5.32 Å². The minimum atomic E-state index is -0.510. The van der Waals surface area contributed by atoms with Gasteiger partial charge in [0.1, 0.15) is 0 Å². The zero-order valence-electron chi connectivity index (χ0n) is 7.98. The monoisotopic (exact) mass is 159 g/mol. The minimum Gasteiger partial charge on any atom is -0.389 e. The minimum absolute atomic E-state index is 0.510. The van der Waals surface area contributed by atoms with Crippen LogP contribution in [0, 0.1) is 0 Å². The van der Waals surface area contributed by atoms with E-state index in [2.05, 4.69) is 12.2 Å². The molecule has 0 radical (unpaired) electrons. The van der Waals surface area contributed by atoms with Crippen LogP contribution in [-0.4, -0.2) is 24.3 Å². The van der Waals surface area contributed by atoms with Gasteiger partial charge in [-0.2, -0.15) is 0 Å². The van der Waals surface area contributed by atoms with Gasteiger partial charge in [0.15, 0.2) is 0 Å². The lowest BCUT2D eigenvalue weighted by Gasteiger charge is -2.22. The Balaban J connectivity index is 3.38. The second-order valence-corrected chi connectivity index (χ2v) is 3.48. The van der Waals surface area contributed by atoms with Crippen LogP contribution >= 0.6 is 0 Å². The summed E-state index contributed by atoms with van der Waals surface area (Å²) in [6, 6.07) is 0. The molecule has 0 aliphatic heterocycles. The molecule has 0 saturated carbocycles. The Morgan fingerprint density at radius 3 is 2.45 bits per heavy atom. The van der Waals surface area contributed by atoms with Crippen LogP contribution in [0.2, 0.25) is 0 Å². The molecular weight excluding hydrogens is 138 g/mol. The molecule has 0 fully saturated rings. The number of hydrogen-bond donors (Lipinski definition) is 2. The molecule has 2 heteroatoms. The average Bonchev–Trinajstić information content (AvgIpc) is 1.87. The third kappa shape index (κ3) is 6.32. The van der Waals surface area contributed by atoms with Crippen LogP contribution in [0.1, 0.15) is 39.5 Å². The third-order valence-electron chi connectivity index (χ3n) is 1.88. The topological polar surface area (TPSA) is 32.3 Å². The van der Waals surface area contributed by atoms with E-state index < -0.39 is 5.60 Å². The highest BCUT2D eigenvalue weighted by molar-refractivity contribution is 4.73. The fourth-order valence-electron chi connectivity index (χ4n) is 1.23. The summed E-state index contributed by atoms with van der Waals surface area (Å²) in [7, 11) is 1.87. The predicted molar refractivity (Wildman–Crippen MR) is 48.7 cm³/mol. The Morgan fingerprint density at radius 2 is 2.00 bits per heavy atom. The molecule has 0 spiro atoms. The Morgan fingerprint density at radius 1 is 1.36 bits per heavy atom. The molecule has 2 nitrogen and oxygen atoms in total. The molecule has 2 N–H and O–H groups in total. The summed E-state index contributed by atoms with van der Waals surface area (Å²) in [5.74, 6) is 0. The summed E-state index contributed by atoms with van der Waals surface area (Å²) in [4.78, 5) is 0. The molecule has 11 heavy (non-hydrogen) atoms. The molecule has 0 aromatic carbocycles. The zero-order chi connectivity index (χ0) is 8.74. The maximum Gasteiger partial charge on any atom is 0.0743 e. The molecule has 68 valence electrons. The van der Waals surface area contributed by atoms with Gasteiger partial charge < -0.3 is 10.4 Å². The van der Waals surface area contributed by atoms with Crippen molar-refractivity contribution in [2.24, 2.45) is 0 Å². The molecule has 0 rings (SSSR count). The van der Waals surface area contributed by atoms with E-state index in [0.717, 1.165) is 12.8 Å². The van der Waals surface area contributed by atoms with E-state index in [-0.39, 0.29) is 0 Å². The Bertz CT molecular complexity index is 91.6. The van der Waals surface area contributed by atoms with Crippen molar-refractivity contribution in [1.29, 1.82) is 0 Å². The molecule has 0 aromatic heterocycles. The van der Waals surface area contributed by atoms with E-state index in [9.17, 15) is 5.11 Å². The van der Waals surface area contributed by atoms with Gasteiger partial charge in [-0.05, 0) is 20.4 Å². The van der Waals surface area contributed by atoms with Gasteiger partial charge in [-0.25, -0.2) is 0 Å². The largest absolute Gasteiger partial charge is 0.389 e. The highest BCUT2D eigenvalue weighted by Crippen LogP contribution is 2.12. The van der Waals surface area contributed by atoms with Crippen LogP contribution in [0.15, 0.2) is 0 Å². The van der Waals surface area contributed by atoms with Crippen LogP contribution in [0.25, 0.3) is 0 Å². The summed E-state index contributed by atoms with van der Waals surface area (Å²) in [5, 5.41) is 12.7. The third-order valence-corrected chi connectivity index (χ3v) is 1.88. The summed E-state index contributed by atoms with van der Waals surface area (Å²) >= 11 is 0. The first-order valence-corrected chi connectivity index (χ1v) is 4.49. The molecule has 0 aliphatic carbocycles. The van der Waals surface area contributed by atoms with Crippen molar-refractivity contribution >= 4 is 0 Å². The number of rotatable bonds is 6. The van der Waals surface area contributed by atoms with Crippen molar-refractivity contribution in [2.45, 2.75) is 45.1 Å². The lowest BCUT2D eigenvalue weighted by molar-refractivity contribution is 0.0502. The summed E-state index contributed by atoms with van der Waals surface area (Å²) in [6.07, 6.45) is 4.47. The highest BCUT2D eigenvalue weighted by atomic mass is 16.3. The fraction of sp³-hybridized carbons (Fsp3) is 1.00. The lowest BCUT2D eigenvalue weighted by atomic mass is 9.98. The number of aliphatic hydroxyl groups is 1. The van der Waals surface area contributed by atoms with E-state index in [0.29, 0.717) is 6.54 Å². The Hall–Kier alpha value is -0.0800. The molecule has 1 atom stereocenters. The molecule has 0 amide bonds. The molecular formula is C9H21NO. The van der Waals surface area contributed by atoms with Crippen molar-refractivity contribution in [3.63, 3.8) is 0 Å². The number of hydrogen-bond acceptors (Lipinski definition) is 2. The first-order chi connectivity index (χ1) is 5.12. The maximum absolute atomic E-state index is 9.68. The van der Waals surface area contributed by atoms with E-state index in [4.69, 9.17) is 0 Å². The lowest BCUT2D eigenvalue weighted by Crippen LogP contribution is -2.35. The van der Waals surface area contributed by atoms with Crippen LogP contribution in [0.4, 0.5) is 0 Å². The van der Waals surface area contributed by atoms with Crippen molar-refractivity contribution < 1.29 is 5.11 Å². The molecule has 1 unspecified atom stereocenters. The van der Waals surface area contributed by atoms with Gasteiger partial charge in [0.05, 0.1) is 5.60 Å². The summed E-state index contributed by atoms with van der Waals surface area (Å²) in [6.45, 7) is 4.75. The zero-order valence-corrected chi connectivity index (χ0v) is 7.98. The SMILES string of the molecule is CCCCCC(C)(O)CNC. The second-order valence-electron chi connectivity index (χ2n) is 3.48. The summed E-state index contributed by atoms with van der Waals surface area (Å²) in [5.41, 5.74) is -0.510. The van der Waals surface area contributed by atoms with Crippen LogP contribution in [0.5, 0.6) is 0 Å². The molecule has 0 heterocycles. The second kappa shape index (κ2) is 5.56. The maximum atomic E-state index is 9.68. The van der Waals surface area contributed by atoms with Crippen LogP contribution in [0.3, 0.4) is 0 Å². The van der Waals surface area contributed by atoms with E-state index >= 15 is 0 Å². The van der Waals surface area contributed by atoms with Gasteiger partial charge in [-0.1, -0.05) is 26.2 Å². The Labute approximate surface area is 70.0 Å². The first kappa shape index (κ1) is 10.9. The molecule has 0 aromatic rings.